The topological polar surface area (TPSA) is 54.6 Å². The van der Waals surface area contributed by atoms with Crippen LogP contribution in [-0.2, 0) is 4.74 Å². The van der Waals surface area contributed by atoms with E-state index in [0.717, 1.165) is 32.8 Å². The zero-order valence-electron chi connectivity index (χ0n) is 11.4. The molecule has 0 bridgehead atoms. The highest BCUT2D eigenvalue weighted by atomic mass is 35.5. The van der Waals surface area contributed by atoms with Crippen LogP contribution in [0.15, 0.2) is 6.07 Å². The maximum Gasteiger partial charge on any atom is 0.235 e. The molecular formula is C13H18ClFN4O. The van der Waals surface area contributed by atoms with Gasteiger partial charge in [-0.3, -0.25) is 4.90 Å². The SMILES string of the molecule is CC1CN(C2COC2)CCN1c1cc(N)c(Cl)c(F)n1. The monoisotopic (exact) mass is 300 g/mol. The minimum Gasteiger partial charge on any atom is -0.397 e. The van der Waals surface area contributed by atoms with Crippen LogP contribution >= 0.6 is 11.6 Å². The number of rotatable bonds is 2. The van der Waals surface area contributed by atoms with Gasteiger partial charge in [-0.15, -0.1) is 0 Å². The molecule has 20 heavy (non-hydrogen) atoms. The van der Waals surface area contributed by atoms with Gasteiger partial charge in [-0.2, -0.15) is 4.39 Å². The zero-order chi connectivity index (χ0) is 14.3. The molecule has 2 saturated heterocycles. The number of hydrogen-bond acceptors (Lipinski definition) is 5. The van der Waals surface area contributed by atoms with Crippen LogP contribution in [0, 0.1) is 5.95 Å². The van der Waals surface area contributed by atoms with Crippen LogP contribution in [0.2, 0.25) is 5.02 Å². The summed E-state index contributed by atoms with van der Waals surface area (Å²) in [6.07, 6.45) is 0. The van der Waals surface area contributed by atoms with Crippen molar-refractivity contribution in [1.29, 1.82) is 0 Å². The minimum atomic E-state index is -0.705. The summed E-state index contributed by atoms with van der Waals surface area (Å²) in [5.41, 5.74) is 5.95. The van der Waals surface area contributed by atoms with Gasteiger partial charge in [0.05, 0.1) is 24.9 Å². The lowest BCUT2D eigenvalue weighted by Gasteiger charge is -2.46. The number of anilines is 2. The molecule has 1 atom stereocenters. The fourth-order valence-corrected chi connectivity index (χ4v) is 2.84. The van der Waals surface area contributed by atoms with E-state index in [4.69, 9.17) is 22.1 Å². The Morgan fingerprint density at radius 2 is 2.20 bits per heavy atom. The van der Waals surface area contributed by atoms with Crippen LogP contribution in [0.25, 0.3) is 0 Å². The van der Waals surface area contributed by atoms with Crippen molar-refractivity contribution in [2.45, 2.75) is 19.0 Å². The van der Waals surface area contributed by atoms with E-state index in [1.807, 2.05) is 0 Å². The summed E-state index contributed by atoms with van der Waals surface area (Å²) in [5.74, 6) is -0.148. The van der Waals surface area contributed by atoms with Crippen molar-refractivity contribution in [2.24, 2.45) is 0 Å². The summed E-state index contributed by atoms with van der Waals surface area (Å²) in [6.45, 7) is 6.37. The van der Waals surface area contributed by atoms with Gasteiger partial charge in [0.1, 0.15) is 10.8 Å². The first-order valence-electron chi connectivity index (χ1n) is 6.76. The molecule has 2 aliphatic heterocycles. The fourth-order valence-electron chi connectivity index (χ4n) is 2.74. The first-order valence-corrected chi connectivity index (χ1v) is 7.14. The number of nitrogens with two attached hydrogens (primary N) is 1. The highest BCUT2D eigenvalue weighted by Gasteiger charge is 2.32. The molecule has 1 unspecified atom stereocenters. The highest BCUT2D eigenvalue weighted by molar-refractivity contribution is 6.33. The van der Waals surface area contributed by atoms with Crippen LogP contribution in [0.3, 0.4) is 0 Å². The van der Waals surface area contributed by atoms with Gasteiger partial charge in [0.2, 0.25) is 5.95 Å². The Balaban J connectivity index is 1.75. The average Bonchev–Trinajstić information content (AvgIpc) is 2.33. The maximum atomic E-state index is 13.6. The average molecular weight is 301 g/mol. The molecule has 2 fully saturated rings. The van der Waals surface area contributed by atoms with E-state index in [1.165, 1.54) is 0 Å². The van der Waals surface area contributed by atoms with Crippen LogP contribution in [-0.4, -0.2) is 54.8 Å². The van der Waals surface area contributed by atoms with Crippen molar-refractivity contribution in [3.8, 4) is 0 Å². The summed E-state index contributed by atoms with van der Waals surface area (Å²) in [4.78, 5) is 8.41. The van der Waals surface area contributed by atoms with Crippen molar-refractivity contribution in [2.75, 3.05) is 43.5 Å². The van der Waals surface area contributed by atoms with E-state index in [0.29, 0.717) is 11.9 Å². The lowest BCUT2D eigenvalue weighted by atomic mass is 10.1. The van der Waals surface area contributed by atoms with E-state index < -0.39 is 5.95 Å². The Bertz CT molecular complexity index is 488. The second-order valence-electron chi connectivity index (χ2n) is 5.40. The molecule has 5 nitrogen and oxygen atoms in total. The Hall–Kier alpha value is -1.11. The Labute approximate surface area is 122 Å². The maximum absolute atomic E-state index is 13.6. The molecule has 0 saturated carbocycles. The van der Waals surface area contributed by atoms with Gasteiger partial charge in [0.25, 0.3) is 0 Å². The molecule has 0 radical (unpaired) electrons. The molecule has 7 heteroatoms. The summed E-state index contributed by atoms with van der Waals surface area (Å²) in [7, 11) is 0. The third-order valence-corrected chi connectivity index (χ3v) is 4.40. The summed E-state index contributed by atoms with van der Waals surface area (Å²) >= 11 is 5.71. The smallest absolute Gasteiger partial charge is 0.235 e. The van der Waals surface area contributed by atoms with Gasteiger partial charge in [0.15, 0.2) is 0 Å². The number of pyridine rings is 1. The predicted octanol–water partition coefficient (Wildman–Crippen LogP) is 1.37. The molecule has 1 aromatic heterocycles. The second-order valence-corrected chi connectivity index (χ2v) is 5.78. The normalized spacial score (nSPS) is 24.8. The van der Waals surface area contributed by atoms with Crippen molar-refractivity contribution >= 4 is 23.1 Å². The van der Waals surface area contributed by atoms with Gasteiger partial charge in [0, 0.05) is 31.7 Å². The molecule has 0 amide bonds. The number of piperazine rings is 1. The van der Waals surface area contributed by atoms with Gasteiger partial charge in [-0.25, -0.2) is 4.98 Å². The molecule has 3 heterocycles. The van der Waals surface area contributed by atoms with Crippen LogP contribution in [0.5, 0.6) is 0 Å². The van der Waals surface area contributed by atoms with E-state index in [9.17, 15) is 4.39 Å². The second kappa shape index (κ2) is 5.35. The largest absolute Gasteiger partial charge is 0.397 e. The van der Waals surface area contributed by atoms with E-state index in [2.05, 4.69) is 21.7 Å². The zero-order valence-corrected chi connectivity index (χ0v) is 12.1. The Kier molecular flexibility index (Phi) is 3.70. The van der Waals surface area contributed by atoms with Gasteiger partial charge < -0.3 is 15.4 Å². The summed E-state index contributed by atoms with van der Waals surface area (Å²) in [6, 6.07) is 2.42. The summed E-state index contributed by atoms with van der Waals surface area (Å²) < 4.78 is 18.8. The molecule has 1 aromatic rings. The van der Waals surface area contributed by atoms with Crippen LogP contribution in [0.1, 0.15) is 6.92 Å². The first kappa shape index (κ1) is 13.9. The summed E-state index contributed by atoms with van der Waals surface area (Å²) in [5, 5.41) is -0.105. The van der Waals surface area contributed by atoms with Crippen molar-refractivity contribution in [1.82, 2.24) is 9.88 Å². The number of ether oxygens (including phenoxy) is 1. The number of nitrogens with zero attached hydrogens (tertiary/aromatic N) is 3. The number of nitrogen functional groups attached to an aromatic ring is 1. The van der Waals surface area contributed by atoms with Crippen molar-refractivity contribution in [3.05, 3.63) is 17.0 Å². The molecular weight excluding hydrogens is 283 g/mol. The Morgan fingerprint density at radius 3 is 2.75 bits per heavy atom. The quantitative estimate of drug-likeness (QED) is 0.836. The van der Waals surface area contributed by atoms with Gasteiger partial charge >= 0.3 is 0 Å². The van der Waals surface area contributed by atoms with Crippen molar-refractivity contribution < 1.29 is 9.13 Å². The number of halogens is 2. The van der Waals surface area contributed by atoms with Crippen molar-refractivity contribution in [3.63, 3.8) is 0 Å². The standard InChI is InChI=1S/C13H18ClFN4O/c1-8-5-18(9-6-20-7-9)2-3-19(8)11-4-10(16)12(14)13(15)17-11/h4,8-9H,2-3,5-7H2,1H3,(H2,16,17). The van der Waals surface area contributed by atoms with E-state index >= 15 is 0 Å². The third kappa shape index (κ3) is 2.43. The fraction of sp³-hybridized carbons (Fsp3) is 0.615. The third-order valence-electron chi connectivity index (χ3n) is 4.02. The first-order chi connectivity index (χ1) is 9.56. The molecule has 0 spiro atoms. The predicted molar refractivity (Wildman–Crippen MR) is 76.6 cm³/mol. The lowest BCUT2D eigenvalue weighted by Crippen LogP contribution is -2.59. The van der Waals surface area contributed by atoms with Crippen LogP contribution < -0.4 is 10.6 Å². The molecule has 110 valence electrons. The molecule has 2 N–H and O–H groups in total. The van der Waals surface area contributed by atoms with Gasteiger partial charge in [-0.05, 0) is 6.92 Å². The molecule has 0 aromatic carbocycles. The number of hydrogen-bond donors (Lipinski definition) is 1. The highest BCUT2D eigenvalue weighted by Crippen LogP contribution is 2.28. The molecule has 2 aliphatic rings. The number of aromatic nitrogens is 1. The molecule has 3 rings (SSSR count). The van der Waals surface area contributed by atoms with E-state index in [-0.39, 0.29) is 16.8 Å². The van der Waals surface area contributed by atoms with Gasteiger partial charge in [-0.1, -0.05) is 11.6 Å². The van der Waals surface area contributed by atoms with Crippen LogP contribution in [0.4, 0.5) is 15.9 Å². The minimum absolute atomic E-state index is 0.105. The lowest BCUT2D eigenvalue weighted by molar-refractivity contribution is -0.0692. The Morgan fingerprint density at radius 1 is 1.45 bits per heavy atom. The van der Waals surface area contributed by atoms with E-state index in [1.54, 1.807) is 6.07 Å². The molecule has 0 aliphatic carbocycles.